The van der Waals surface area contributed by atoms with Crippen molar-refractivity contribution >= 4 is 35.2 Å². The summed E-state index contributed by atoms with van der Waals surface area (Å²) < 4.78 is 10.4. The van der Waals surface area contributed by atoms with E-state index < -0.39 is 0 Å². The first-order valence-electron chi connectivity index (χ1n) is 7.16. The van der Waals surface area contributed by atoms with Crippen LogP contribution in [0.3, 0.4) is 0 Å². The molecule has 0 aliphatic rings. The Balaban J connectivity index is 2.00. The minimum Gasteiger partial charge on any atom is -0.493 e. The molecule has 0 unspecified atom stereocenters. The number of nitrogens with one attached hydrogen (secondary N) is 1. The summed E-state index contributed by atoms with van der Waals surface area (Å²) in [4.78, 5) is 11.9. The summed E-state index contributed by atoms with van der Waals surface area (Å²) in [6, 6.07) is 10.6. The molecule has 0 bridgehead atoms. The Morgan fingerprint density at radius 3 is 2.38 bits per heavy atom. The zero-order valence-electron chi connectivity index (χ0n) is 13.3. The van der Waals surface area contributed by atoms with E-state index in [9.17, 15) is 4.79 Å². The number of benzene rings is 2. The van der Waals surface area contributed by atoms with Crippen molar-refractivity contribution < 1.29 is 14.3 Å². The molecule has 0 atom stereocenters. The number of carbonyl (C=O) groups excluding carboxylic acids is 1. The molecule has 2 aromatic carbocycles. The molecule has 24 heavy (non-hydrogen) atoms. The van der Waals surface area contributed by atoms with E-state index in [4.69, 9.17) is 32.7 Å². The number of methoxy groups -OCH3 is 2. The molecule has 0 aromatic heterocycles. The van der Waals surface area contributed by atoms with Gasteiger partial charge < -0.3 is 14.8 Å². The molecule has 6 heteroatoms. The summed E-state index contributed by atoms with van der Waals surface area (Å²) >= 11 is 12.1. The van der Waals surface area contributed by atoms with Crippen LogP contribution in [0, 0.1) is 0 Å². The largest absolute Gasteiger partial charge is 0.493 e. The lowest BCUT2D eigenvalue weighted by atomic mass is 10.2. The van der Waals surface area contributed by atoms with Gasteiger partial charge in [0.15, 0.2) is 11.5 Å². The van der Waals surface area contributed by atoms with Crippen molar-refractivity contribution in [1.82, 2.24) is 5.32 Å². The van der Waals surface area contributed by atoms with Crippen LogP contribution >= 0.6 is 23.2 Å². The third-order valence-corrected chi connectivity index (χ3v) is 3.97. The van der Waals surface area contributed by atoms with Crippen molar-refractivity contribution in [2.24, 2.45) is 0 Å². The van der Waals surface area contributed by atoms with E-state index in [0.29, 0.717) is 33.7 Å². The highest BCUT2D eigenvalue weighted by atomic mass is 35.5. The maximum atomic E-state index is 11.9. The molecule has 126 valence electrons. The average molecular weight is 366 g/mol. The Labute approximate surface area is 151 Å². The predicted molar refractivity (Wildman–Crippen MR) is 96.9 cm³/mol. The lowest BCUT2D eigenvalue weighted by Gasteiger charge is -2.09. The molecule has 0 saturated heterocycles. The van der Waals surface area contributed by atoms with Crippen molar-refractivity contribution in [1.29, 1.82) is 0 Å². The summed E-state index contributed by atoms with van der Waals surface area (Å²) in [5.74, 6) is 1.00. The Bertz CT molecular complexity index is 740. The molecule has 0 fully saturated rings. The van der Waals surface area contributed by atoms with Crippen molar-refractivity contribution in [2.75, 3.05) is 14.2 Å². The van der Waals surface area contributed by atoms with Gasteiger partial charge in [-0.2, -0.15) is 0 Å². The first-order valence-corrected chi connectivity index (χ1v) is 7.91. The number of amides is 1. The van der Waals surface area contributed by atoms with Gasteiger partial charge in [0, 0.05) is 28.2 Å². The van der Waals surface area contributed by atoms with Gasteiger partial charge >= 0.3 is 0 Å². The second-order valence-corrected chi connectivity index (χ2v) is 5.69. The van der Waals surface area contributed by atoms with Crippen molar-refractivity contribution in [3.63, 3.8) is 0 Å². The van der Waals surface area contributed by atoms with E-state index in [2.05, 4.69) is 5.32 Å². The van der Waals surface area contributed by atoms with E-state index in [1.165, 1.54) is 6.08 Å². The zero-order chi connectivity index (χ0) is 17.5. The summed E-state index contributed by atoms with van der Waals surface area (Å²) in [6.07, 6.45) is 2.99. The Hall–Kier alpha value is -2.17. The fourth-order valence-electron chi connectivity index (χ4n) is 2.07. The molecule has 0 aliphatic carbocycles. The quantitative estimate of drug-likeness (QED) is 0.774. The predicted octanol–water partition coefficient (Wildman–Crippen LogP) is 4.34. The maximum absolute atomic E-state index is 11.9. The number of hydrogen-bond acceptors (Lipinski definition) is 3. The van der Waals surface area contributed by atoms with Crippen LogP contribution < -0.4 is 14.8 Å². The van der Waals surface area contributed by atoms with E-state index in [1.807, 2.05) is 12.1 Å². The highest BCUT2D eigenvalue weighted by Gasteiger charge is 2.06. The second-order valence-electron chi connectivity index (χ2n) is 4.88. The van der Waals surface area contributed by atoms with Crippen LogP contribution in [-0.2, 0) is 11.3 Å². The highest BCUT2D eigenvalue weighted by molar-refractivity contribution is 6.37. The Kier molecular flexibility index (Phi) is 6.53. The summed E-state index contributed by atoms with van der Waals surface area (Å²) in [7, 11) is 3.14. The molecule has 4 nitrogen and oxygen atoms in total. The molecule has 0 aliphatic heterocycles. The summed E-state index contributed by atoms with van der Waals surface area (Å²) in [5.41, 5.74) is 1.51. The first-order chi connectivity index (χ1) is 11.5. The first kappa shape index (κ1) is 18.2. The fraction of sp³-hybridized carbons (Fsp3) is 0.167. The third kappa shape index (κ3) is 4.66. The van der Waals surface area contributed by atoms with Gasteiger partial charge in [0.1, 0.15) is 0 Å². The standard InChI is InChI=1S/C18H17Cl2NO3/c1-23-16-8-6-12(10-17(16)24-2)11-21-18(22)9-7-13-14(19)4-3-5-15(13)20/h3-10H,11H2,1-2H3,(H,21,22)/b9-7+. The van der Waals surface area contributed by atoms with E-state index in [0.717, 1.165) is 5.56 Å². The highest BCUT2D eigenvalue weighted by Crippen LogP contribution is 2.27. The molecule has 0 heterocycles. The topological polar surface area (TPSA) is 47.6 Å². The van der Waals surface area contributed by atoms with Crippen molar-refractivity contribution in [2.45, 2.75) is 6.54 Å². The van der Waals surface area contributed by atoms with Crippen LogP contribution in [0.4, 0.5) is 0 Å². The number of halogens is 2. The fourth-order valence-corrected chi connectivity index (χ4v) is 2.59. The Morgan fingerprint density at radius 1 is 1.08 bits per heavy atom. The van der Waals surface area contributed by atoms with Crippen LogP contribution in [-0.4, -0.2) is 20.1 Å². The van der Waals surface area contributed by atoms with Crippen LogP contribution in [0.2, 0.25) is 10.0 Å². The molecule has 0 saturated carbocycles. The third-order valence-electron chi connectivity index (χ3n) is 3.32. The molecular formula is C18H17Cl2NO3. The molecule has 2 rings (SSSR count). The maximum Gasteiger partial charge on any atom is 0.244 e. The average Bonchev–Trinajstić information content (AvgIpc) is 2.59. The summed E-state index contributed by atoms with van der Waals surface area (Å²) in [5, 5.41) is 3.77. The minimum absolute atomic E-state index is 0.249. The lowest BCUT2D eigenvalue weighted by Crippen LogP contribution is -2.20. The van der Waals surface area contributed by atoms with Gasteiger partial charge in [-0.05, 0) is 35.9 Å². The van der Waals surface area contributed by atoms with E-state index in [-0.39, 0.29) is 5.91 Å². The van der Waals surface area contributed by atoms with Gasteiger partial charge in [0.2, 0.25) is 5.91 Å². The minimum atomic E-state index is -0.249. The second kappa shape index (κ2) is 8.62. The molecule has 2 aromatic rings. The van der Waals surface area contributed by atoms with Gasteiger partial charge in [-0.3, -0.25) is 4.79 Å². The number of ether oxygens (including phenoxy) is 2. The van der Waals surface area contributed by atoms with Crippen molar-refractivity contribution in [3.05, 3.63) is 63.6 Å². The summed E-state index contributed by atoms with van der Waals surface area (Å²) in [6.45, 7) is 0.361. The Morgan fingerprint density at radius 2 is 1.75 bits per heavy atom. The van der Waals surface area contributed by atoms with E-state index in [1.54, 1.807) is 44.6 Å². The molecular weight excluding hydrogens is 349 g/mol. The number of hydrogen-bond donors (Lipinski definition) is 1. The molecule has 0 spiro atoms. The lowest BCUT2D eigenvalue weighted by molar-refractivity contribution is -0.116. The van der Waals surface area contributed by atoms with Crippen LogP contribution in [0.5, 0.6) is 11.5 Å². The van der Waals surface area contributed by atoms with Gasteiger partial charge in [0.05, 0.1) is 14.2 Å². The SMILES string of the molecule is COc1ccc(CNC(=O)/C=C/c2c(Cl)cccc2Cl)cc1OC. The van der Waals surface area contributed by atoms with Crippen LogP contribution in [0.1, 0.15) is 11.1 Å². The van der Waals surface area contributed by atoms with Crippen LogP contribution in [0.15, 0.2) is 42.5 Å². The van der Waals surface area contributed by atoms with Gasteiger partial charge in [-0.1, -0.05) is 35.3 Å². The van der Waals surface area contributed by atoms with Crippen molar-refractivity contribution in [3.8, 4) is 11.5 Å². The molecule has 1 amide bonds. The number of rotatable bonds is 6. The smallest absolute Gasteiger partial charge is 0.244 e. The normalized spacial score (nSPS) is 10.7. The molecule has 0 radical (unpaired) electrons. The molecule has 1 N–H and O–H groups in total. The number of carbonyl (C=O) groups is 1. The van der Waals surface area contributed by atoms with Gasteiger partial charge in [-0.25, -0.2) is 0 Å². The van der Waals surface area contributed by atoms with Gasteiger partial charge in [0.25, 0.3) is 0 Å². The zero-order valence-corrected chi connectivity index (χ0v) is 14.8. The van der Waals surface area contributed by atoms with Gasteiger partial charge in [-0.15, -0.1) is 0 Å². The monoisotopic (exact) mass is 365 g/mol. The van der Waals surface area contributed by atoms with Crippen LogP contribution in [0.25, 0.3) is 6.08 Å². The van der Waals surface area contributed by atoms with E-state index >= 15 is 0 Å².